The van der Waals surface area contributed by atoms with Crippen LogP contribution < -0.4 is 5.73 Å². The van der Waals surface area contributed by atoms with Gasteiger partial charge in [-0.05, 0) is 55.5 Å². The molecule has 0 aromatic heterocycles. The van der Waals surface area contributed by atoms with Crippen molar-refractivity contribution in [2.75, 3.05) is 13.1 Å². The Balaban J connectivity index is 2.05. The zero-order valence-electron chi connectivity index (χ0n) is 12.0. The summed E-state index contributed by atoms with van der Waals surface area (Å²) in [6, 6.07) is 5.55. The van der Waals surface area contributed by atoms with E-state index in [4.69, 9.17) is 5.73 Å². The molecule has 2 atom stereocenters. The van der Waals surface area contributed by atoms with Gasteiger partial charge in [0.25, 0.3) is 0 Å². The number of rotatable bonds is 4. The van der Waals surface area contributed by atoms with Crippen LogP contribution >= 0.6 is 0 Å². The largest absolute Gasteiger partial charge is 0.329 e. The van der Waals surface area contributed by atoms with E-state index in [9.17, 15) is 4.39 Å². The molecule has 0 aliphatic carbocycles. The number of hydrogen-bond acceptors (Lipinski definition) is 2. The summed E-state index contributed by atoms with van der Waals surface area (Å²) in [5, 5.41) is 0. The molecule has 1 aliphatic rings. The predicted molar refractivity (Wildman–Crippen MR) is 77.4 cm³/mol. The van der Waals surface area contributed by atoms with Gasteiger partial charge in [-0.2, -0.15) is 0 Å². The van der Waals surface area contributed by atoms with E-state index in [1.165, 1.54) is 24.8 Å². The summed E-state index contributed by atoms with van der Waals surface area (Å²) in [7, 11) is 0. The molecule has 0 spiro atoms. The third-order valence-electron chi connectivity index (χ3n) is 4.47. The van der Waals surface area contributed by atoms with Crippen LogP contribution in [0.2, 0.25) is 0 Å². The molecule has 0 amide bonds. The predicted octanol–water partition coefficient (Wildman–Crippen LogP) is 3.08. The van der Waals surface area contributed by atoms with Crippen LogP contribution in [0, 0.1) is 18.7 Å². The number of nitrogens with zero attached hydrogens (tertiary/aromatic N) is 1. The van der Waals surface area contributed by atoms with E-state index < -0.39 is 0 Å². The minimum Gasteiger partial charge on any atom is -0.329 e. The minimum atomic E-state index is -0.152. The van der Waals surface area contributed by atoms with Gasteiger partial charge in [0, 0.05) is 19.1 Å². The first-order chi connectivity index (χ1) is 9.13. The molecule has 1 aromatic carbocycles. The highest BCUT2D eigenvalue weighted by atomic mass is 19.1. The third-order valence-corrected chi connectivity index (χ3v) is 4.47. The summed E-state index contributed by atoms with van der Waals surface area (Å²) in [5.41, 5.74) is 8.18. The van der Waals surface area contributed by atoms with Gasteiger partial charge in [-0.1, -0.05) is 19.4 Å². The minimum absolute atomic E-state index is 0.152. The molecule has 19 heavy (non-hydrogen) atoms. The van der Waals surface area contributed by atoms with Crippen molar-refractivity contribution in [2.45, 2.75) is 45.7 Å². The topological polar surface area (TPSA) is 29.3 Å². The molecule has 1 saturated heterocycles. The molecule has 3 heteroatoms. The Hall–Kier alpha value is -0.930. The van der Waals surface area contributed by atoms with E-state index in [-0.39, 0.29) is 5.82 Å². The molecule has 2 nitrogen and oxygen atoms in total. The van der Waals surface area contributed by atoms with Crippen molar-refractivity contribution in [3.8, 4) is 0 Å². The third kappa shape index (κ3) is 3.54. The molecule has 2 rings (SSSR count). The molecule has 1 aliphatic heterocycles. The lowest BCUT2D eigenvalue weighted by atomic mass is 9.88. The van der Waals surface area contributed by atoms with Crippen LogP contribution in [0.5, 0.6) is 0 Å². The SMILES string of the molecule is CCC1CCN(Cc2ccc(F)cc2C)C(CN)C1. The Morgan fingerprint density at radius 2 is 2.21 bits per heavy atom. The Morgan fingerprint density at radius 1 is 1.42 bits per heavy atom. The average molecular weight is 264 g/mol. The highest BCUT2D eigenvalue weighted by molar-refractivity contribution is 5.26. The summed E-state index contributed by atoms with van der Waals surface area (Å²) >= 11 is 0. The van der Waals surface area contributed by atoms with E-state index in [1.54, 1.807) is 12.1 Å². The number of likely N-dealkylation sites (tertiary alicyclic amines) is 1. The van der Waals surface area contributed by atoms with Gasteiger partial charge in [0.2, 0.25) is 0 Å². The Bertz CT molecular complexity index is 419. The van der Waals surface area contributed by atoms with E-state index in [0.717, 1.165) is 31.1 Å². The fraction of sp³-hybridized carbons (Fsp3) is 0.625. The number of hydrogen-bond donors (Lipinski definition) is 1. The van der Waals surface area contributed by atoms with E-state index in [2.05, 4.69) is 11.8 Å². The lowest BCUT2D eigenvalue weighted by Gasteiger charge is -2.39. The fourth-order valence-corrected chi connectivity index (χ4v) is 3.06. The van der Waals surface area contributed by atoms with Crippen LogP contribution in [0.1, 0.15) is 37.3 Å². The van der Waals surface area contributed by atoms with Crippen LogP contribution in [0.25, 0.3) is 0 Å². The van der Waals surface area contributed by atoms with Gasteiger partial charge >= 0.3 is 0 Å². The van der Waals surface area contributed by atoms with Crippen LogP contribution in [-0.2, 0) is 6.54 Å². The molecule has 0 bridgehead atoms. The number of nitrogens with two attached hydrogens (primary N) is 1. The number of halogens is 1. The molecule has 0 saturated carbocycles. The van der Waals surface area contributed by atoms with Crippen molar-refractivity contribution in [1.82, 2.24) is 4.90 Å². The van der Waals surface area contributed by atoms with E-state index >= 15 is 0 Å². The van der Waals surface area contributed by atoms with Gasteiger partial charge in [-0.15, -0.1) is 0 Å². The summed E-state index contributed by atoms with van der Waals surface area (Å²) < 4.78 is 13.1. The zero-order chi connectivity index (χ0) is 13.8. The lowest BCUT2D eigenvalue weighted by molar-refractivity contribution is 0.107. The molecule has 0 radical (unpaired) electrons. The standard InChI is InChI=1S/C16H25FN2/c1-3-13-6-7-19(16(9-13)10-18)11-14-4-5-15(17)8-12(14)2/h4-5,8,13,16H,3,6-7,9-11,18H2,1-2H3. The first-order valence-electron chi connectivity index (χ1n) is 7.33. The molecule has 106 valence electrons. The van der Waals surface area contributed by atoms with Crippen molar-refractivity contribution in [1.29, 1.82) is 0 Å². The van der Waals surface area contributed by atoms with Crippen LogP contribution in [0.3, 0.4) is 0 Å². The first kappa shape index (κ1) is 14.5. The molecule has 2 unspecified atom stereocenters. The summed E-state index contributed by atoms with van der Waals surface area (Å²) in [6.07, 6.45) is 3.71. The summed E-state index contributed by atoms with van der Waals surface area (Å²) in [6.45, 7) is 6.96. The Morgan fingerprint density at radius 3 is 2.84 bits per heavy atom. The maximum atomic E-state index is 13.1. The number of aryl methyl sites for hydroxylation is 1. The number of piperidine rings is 1. The van der Waals surface area contributed by atoms with Gasteiger partial charge in [0.1, 0.15) is 5.82 Å². The van der Waals surface area contributed by atoms with Gasteiger partial charge in [-0.3, -0.25) is 4.90 Å². The van der Waals surface area contributed by atoms with Crippen molar-refractivity contribution in [2.24, 2.45) is 11.7 Å². The second kappa shape index (κ2) is 6.49. The van der Waals surface area contributed by atoms with Crippen molar-refractivity contribution in [3.63, 3.8) is 0 Å². The molecular weight excluding hydrogens is 239 g/mol. The van der Waals surface area contributed by atoms with Gasteiger partial charge < -0.3 is 5.73 Å². The first-order valence-corrected chi connectivity index (χ1v) is 7.33. The lowest BCUT2D eigenvalue weighted by Crippen LogP contribution is -2.46. The van der Waals surface area contributed by atoms with Crippen LogP contribution in [-0.4, -0.2) is 24.0 Å². The highest BCUT2D eigenvalue weighted by Crippen LogP contribution is 2.26. The normalized spacial score (nSPS) is 24.6. The molecular formula is C16H25FN2. The fourth-order valence-electron chi connectivity index (χ4n) is 3.06. The second-order valence-electron chi connectivity index (χ2n) is 5.73. The molecule has 2 N–H and O–H groups in total. The van der Waals surface area contributed by atoms with Crippen LogP contribution in [0.4, 0.5) is 4.39 Å². The smallest absolute Gasteiger partial charge is 0.123 e. The zero-order valence-corrected chi connectivity index (χ0v) is 12.0. The summed E-state index contributed by atoms with van der Waals surface area (Å²) in [5.74, 6) is 0.667. The monoisotopic (exact) mass is 264 g/mol. The van der Waals surface area contributed by atoms with Gasteiger partial charge in [0.15, 0.2) is 0 Å². The summed E-state index contributed by atoms with van der Waals surface area (Å²) in [4.78, 5) is 2.46. The van der Waals surface area contributed by atoms with Crippen molar-refractivity contribution in [3.05, 3.63) is 35.1 Å². The van der Waals surface area contributed by atoms with Gasteiger partial charge in [0.05, 0.1) is 0 Å². The average Bonchev–Trinajstić information content (AvgIpc) is 2.42. The van der Waals surface area contributed by atoms with Crippen molar-refractivity contribution < 1.29 is 4.39 Å². The molecule has 1 aromatic rings. The molecule has 1 fully saturated rings. The molecule has 1 heterocycles. The highest BCUT2D eigenvalue weighted by Gasteiger charge is 2.26. The number of benzene rings is 1. The van der Waals surface area contributed by atoms with E-state index in [0.29, 0.717) is 6.04 Å². The van der Waals surface area contributed by atoms with Crippen molar-refractivity contribution >= 4 is 0 Å². The second-order valence-corrected chi connectivity index (χ2v) is 5.73. The Kier molecular flexibility index (Phi) is 4.94. The van der Waals surface area contributed by atoms with Crippen LogP contribution in [0.15, 0.2) is 18.2 Å². The quantitative estimate of drug-likeness (QED) is 0.905. The van der Waals surface area contributed by atoms with E-state index in [1.807, 2.05) is 13.0 Å². The maximum absolute atomic E-state index is 13.1. The Labute approximate surface area is 115 Å². The van der Waals surface area contributed by atoms with Gasteiger partial charge in [-0.25, -0.2) is 4.39 Å². The maximum Gasteiger partial charge on any atom is 0.123 e.